The van der Waals surface area contributed by atoms with E-state index in [2.05, 4.69) is 55.7 Å². The molecular weight excluding hydrogens is 482 g/mol. The third-order valence-corrected chi connectivity index (χ3v) is 7.75. The molecule has 2 aliphatic heterocycles. The number of carbonyl (C=O) groups is 1. The van der Waals surface area contributed by atoms with Crippen molar-refractivity contribution in [3.8, 4) is 22.5 Å². The van der Waals surface area contributed by atoms with E-state index in [9.17, 15) is 4.79 Å². The predicted octanol–water partition coefficient (Wildman–Crippen LogP) is 3.03. The van der Waals surface area contributed by atoms with Crippen molar-refractivity contribution in [2.45, 2.75) is 51.7 Å². The zero-order chi connectivity index (χ0) is 26.4. The lowest BCUT2D eigenvalue weighted by atomic mass is 10.1. The van der Waals surface area contributed by atoms with Gasteiger partial charge < -0.3 is 20.3 Å². The third kappa shape index (κ3) is 4.16. The molecule has 6 heterocycles. The molecule has 0 saturated carbocycles. The molecule has 2 N–H and O–H groups in total. The Labute approximate surface area is 221 Å². The second kappa shape index (κ2) is 9.71. The van der Waals surface area contributed by atoms with Gasteiger partial charge in [-0.15, -0.1) is 0 Å². The Morgan fingerprint density at radius 2 is 1.82 bits per heavy atom. The van der Waals surface area contributed by atoms with E-state index in [1.807, 2.05) is 34.1 Å². The van der Waals surface area contributed by atoms with Gasteiger partial charge in [-0.05, 0) is 44.9 Å². The number of anilines is 2. The number of aromatic nitrogens is 6. The van der Waals surface area contributed by atoms with Crippen LogP contribution in [0.25, 0.3) is 28.0 Å². The lowest BCUT2D eigenvalue weighted by Crippen LogP contribution is -2.58. The molecule has 4 aromatic heterocycles. The van der Waals surface area contributed by atoms with Crippen molar-refractivity contribution in [3.63, 3.8) is 0 Å². The molecule has 198 valence electrons. The molecule has 0 aliphatic carbocycles. The number of carbonyl (C=O) groups excluding carboxylic acids is 1. The highest BCUT2D eigenvalue weighted by Crippen LogP contribution is 2.37. The van der Waals surface area contributed by atoms with Crippen molar-refractivity contribution >= 4 is 22.9 Å². The standard InChI is InChI=1S/C27H33N9O2/c1-17-14-33(19(3)37)15-18(2)34(17)22-10-20(12-29-13-22)25-11-23(26-27(28)30-16-32-36(25)26)24-4-7-31-35(24)21-5-8-38-9-6-21/h4,7,10-13,16-18,21H,5-6,8-9,14-15H2,1-3H3,(H2,28,30,32). The fourth-order valence-electron chi connectivity index (χ4n) is 6.01. The van der Waals surface area contributed by atoms with Gasteiger partial charge in [-0.3, -0.25) is 14.5 Å². The number of piperazine rings is 1. The average Bonchev–Trinajstić information content (AvgIpc) is 3.55. The maximum absolute atomic E-state index is 12.0. The molecule has 1 amide bonds. The van der Waals surface area contributed by atoms with E-state index in [0.717, 1.165) is 59.8 Å². The minimum Gasteiger partial charge on any atom is -0.382 e. The second-order valence-electron chi connectivity index (χ2n) is 10.3. The van der Waals surface area contributed by atoms with Gasteiger partial charge in [0.25, 0.3) is 0 Å². The van der Waals surface area contributed by atoms with Gasteiger partial charge in [0.1, 0.15) is 11.8 Å². The topological polar surface area (TPSA) is 120 Å². The molecule has 2 fully saturated rings. The summed E-state index contributed by atoms with van der Waals surface area (Å²) < 4.78 is 9.50. The van der Waals surface area contributed by atoms with Crippen molar-refractivity contribution < 1.29 is 9.53 Å². The summed E-state index contributed by atoms with van der Waals surface area (Å²) >= 11 is 0. The fourth-order valence-corrected chi connectivity index (χ4v) is 6.01. The van der Waals surface area contributed by atoms with Gasteiger partial charge in [0.15, 0.2) is 5.82 Å². The van der Waals surface area contributed by atoms with Gasteiger partial charge in [-0.25, -0.2) is 9.50 Å². The molecule has 2 unspecified atom stereocenters. The zero-order valence-corrected chi connectivity index (χ0v) is 22.0. The Balaban J connectivity index is 1.43. The van der Waals surface area contributed by atoms with Crippen LogP contribution in [0.2, 0.25) is 0 Å². The number of fused-ring (bicyclic) bond motifs is 1. The third-order valence-electron chi connectivity index (χ3n) is 7.75. The van der Waals surface area contributed by atoms with Crippen molar-refractivity contribution in [1.82, 2.24) is 34.3 Å². The summed E-state index contributed by atoms with van der Waals surface area (Å²) in [4.78, 5) is 25.2. The van der Waals surface area contributed by atoms with Gasteiger partial charge in [-0.2, -0.15) is 10.2 Å². The average molecular weight is 516 g/mol. The first-order chi connectivity index (χ1) is 18.4. The predicted molar refractivity (Wildman–Crippen MR) is 145 cm³/mol. The molecule has 4 aromatic rings. The van der Waals surface area contributed by atoms with E-state index in [1.54, 1.807) is 6.92 Å². The molecule has 2 saturated heterocycles. The van der Waals surface area contributed by atoms with E-state index in [1.165, 1.54) is 6.33 Å². The molecule has 0 spiro atoms. The molecule has 0 bridgehead atoms. The van der Waals surface area contributed by atoms with Crippen LogP contribution in [0.15, 0.2) is 43.1 Å². The summed E-state index contributed by atoms with van der Waals surface area (Å²) in [7, 11) is 0. The summed E-state index contributed by atoms with van der Waals surface area (Å²) in [6, 6.07) is 6.85. The quantitative estimate of drug-likeness (QED) is 0.440. The van der Waals surface area contributed by atoms with E-state index in [-0.39, 0.29) is 24.0 Å². The van der Waals surface area contributed by atoms with Crippen LogP contribution in [-0.2, 0) is 9.53 Å². The van der Waals surface area contributed by atoms with Gasteiger partial charge in [-0.1, -0.05) is 0 Å². The minimum atomic E-state index is 0.111. The van der Waals surface area contributed by atoms with E-state index in [4.69, 9.17) is 10.5 Å². The number of ether oxygens (including phenoxy) is 1. The van der Waals surface area contributed by atoms with Crippen LogP contribution in [0.3, 0.4) is 0 Å². The van der Waals surface area contributed by atoms with E-state index < -0.39 is 0 Å². The Bertz CT molecular complexity index is 1460. The Hall–Kier alpha value is -3.99. The maximum Gasteiger partial charge on any atom is 0.219 e. The van der Waals surface area contributed by atoms with E-state index in [0.29, 0.717) is 18.9 Å². The normalized spacial score (nSPS) is 20.8. The number of nitrogens with two attached hydrogens (primary N) is 1. The van der Waals surface area contributed by atoms with Crippen molar-refractivity contribution in [2.75, 3.05) is 36.9 Å². The van der Waals surface area contributed by atoms with Crippen molar-refractivity contribution in [1.29, 1.82) is 0 Å². The molecule has 11 heteroatoms. The molecule has 6 rings (SSSR count). The summed E-state index contributed by atoms with van der Waals surface area (Å²) in [6.45, 7) is 8.75. The van der Waals surface area contributed by atoms with Gasteiger partial charge in [0, 0.05) is 68.8 Å². The minimum absolute atomic E-state index is 0.111. The van der Waals surface area contributed by atoms with Crippen LogP contribution >= 0.6 is 0 Å². The summed E-state index contributed by atoms with van der Waals surface area (Å²) in [6.07, 6.45) is 8.88. The summed E-state index contributed by atoms with van der Waals surface area (Å²) in [5.74, 6) is 0.521. The number of rotatable bonds is 4. The van der Waals surface area contributed by atoms with Crippen molar-refractivity contribution in [2.24, 2.45) is 0 Å². The molecular formula is C27H33N9O2. The molecule has 11 nitrogen and oxygen atoms in total. The number of hydrogen-bond donors (Lipinski definition) is 1. The molecule has 38 heavy (non-hydrogen) atoms. The first-order valence-corrected chi connectivity index (χ1v) is 13.2. The van der Waals surface area contributed by atoms with Crippen LogP contribution in [0.5, 0.6) is 0 Å². The SMILES string of the molecule is CC(=O)N1CC(C)N(c2cncc(-c3cc(-c4ccnn4C4CCOCC4)c4c(N)ncnn34)c2)C(C)C1. The van der Waals surface area contributed by atoms with E-state index >= 15 is 0 Å². The number of hydrogen-bond acceptors (Lipinski definition) is 8. The highest BCUT2D eigenvalue weighted by atomic mass is 16.5. The lowest BCUT2D eigenvalue weighted by Gasteiger charge is -2.45. The maximum atomic E-state index is 12.0. The number of amides is 1. The highest BCUT2D eigenvalue weighted by molar-refractivity contribution is 5.91. The van der Waals surface area contributed by atoms with Crippen molar-refractivity contribution in [3.05, 3.63) is 43.1 Å². The van der Waals surface area contributed by atoms with Crippen LogP contribution in [-0.4, -0.2) is 78.6 Å². The van der Waals surface area contributed by atoms with Crippen LogP contribution in [0, 0.1) is 0 Å². The number of nitrogens with zero attached hydrogens (tertiary/aromatic N) is 8. The van der Waals surface area contributed by atoms with Crippen LogP contribution in [0.1, 0.15) is 39.7 Å². The summed E-state index contributed by atoms with van der Waals surface area (Å²) in [5, 5.41) is 9.25. The first kappa shape index (κ1) is 24.4. The number of pyridine rings is 1. The largest absolute Gasteiger partial charge is 0.382 e. The van der Waals surface area contributed by atoms with Crippen LogP contribution < -0.4 is 10.6 Å². The molecule has 2 atom stereocenters. The second-order valence-corrected chi connectivity index (χ2v) is 10.3. The lowest BCUT2D eigenvalue weighted by molar-refractivity contribution is -0.130. The zero-order valence-electron chi connectivity index (χ0n) is 22.0. The molecule has 0 radical (unpaired) electrons. The van der Waals surface area contributed by atoms with Crippen LogP contribution in [0.4, 0.5) is 11.5 Å². The highest BCUT2D eigenvalue weighted by Gasteiger charge is 2.31. The Kier molecular flexibility index (Phi) is 6.22. The molecule has 0 aromatic carbocycles. The number of nitrogen functional groups attached to an aromatic ring is 1. The van der Waals surface area contributed by atoms with Gasteiger partial charge in [0.2, 0.25) is 5.91 Å². The Morgan fingerprint density at radius 3 is 2.55 bits per heavy atom. The van der Waals surface area contributed by atoms with Gasteiger partial charge >= 0.3 is 0 Å². The fraction of sp³-hybridized carbons (Fsp3) is 0.444. The van der Waals surface area contributed by atoms with Gasteiger partial charge in [0.05, 0.1) is 29.3 Å². The first-order valence-electron chi connectivity index (χ1n) is 13.2. The monoisotopic (exact) mass is 515 g/mol. The smallest absolute Gasteiger partial charge is 0.219 e. The molecule has 2 aliphatic rings. The summed E-state index contributed by atoms with van der Waals surface area (Å²) in [5.41, 5.74) is 11.9. The Morgan fingerprint density at radius 1 is 1.05 bits per heavy atom.